The molecule has 0 amide bonds. The molecule has 0 fully saturated rings. The molecule has 0 atom stereocenters. The zero-order chi connectivity index (χ0) is 15.2. The molecule has 2 aromatic rings. The number of phenolic OH excluding ortho intramolecular Hbond substituents is 2. The van der Waals surface area contributed by atoms with Gasteiger partial charge in [-0.15, -0.1) is 5.11 Å². The highest BCUT2D eigenvalue weighted by atomic mass is 16.3. The van der Waals surface area contributed by atoms with Crippen molar-refractivity contribution in [3.63, 3.8) is 0 Å². The van der Waals surface area contributed by atoms with Gasteiger partial charge in [-0.3, -0.25) is 0 Å². The summed E-state index contributed by atoms with van der Waals surface area (Å²) in [7, 11) is 0. The first-order valence-corrected chi connectivity index (χ1v) is 6.92. The van der Waals surface area contributed by atoms with Crippen molar-refractivity contribution < 1.29 is 10.2 Å². The van der Waals surface area contributed by atoms with Gasteiger partial charge >= 0.3 is 0 Å². The Morgan fingerprint density at radius 1 is 0.905 bits per heavy atom. The van der Waals surface area contributed by atoms with E-state index in [4.69, 9.17) is 0 Å². The maximum Gasteiger partial charge on any atom is 0.146 e. The van der Waals surface area contributed by atoms with Crippen LogP contribution in [0.5, 0.6) is 11.5 Å². The second-order valence-electron chi connectivity index (χ2n) is 4.56. The van der Waals surface area contributed by atoms with Crippen LogP contribution in [-0.4, -0.2) is 23.3 Å². The Morgan fingerprint density at radius 2 is 1.57 bits per heavy atom. The minimum Gasteiger partial charge on any atom is -0.508 e. The number of aromatic hydroxyl groups is 2. The van der Waals surface area contributed by atoms with Crippen LogP contribution in [0.4, 0.5) is 17.1 Å². The molecule has 0 aliphatic rings. The van der Waals surface area contributed by atoms with Gasteiger partial charge in [0.25, 0.3) is 0 Å². The first kappa shape index (κ1) is 14.8. The molecule has 2 N–H and O–H groups in total. The maximum atomic E-state index is 9.63. The molecule has 0 bridgehead atoms. The zero-order valence-corrected chi connectivity index (χ0v) is 12.2. The van der Waals surface area contributed by atoms with Crippen molar-refractivity contribution in [2.45, 2.75) is 13.8 Å². The Morgan fingerprint density at radius 3 is 2.14 bits per heavy atom. The summed E-state index contributed by atoms with van der Waals surface area (Å²) in [5, 5.41) is 26.9. The highest BCUT2D eigenvalue weighted by molar-refractivity contribution is 5.55. The van der Waals surface area contributed by atoms with Crippen LogP contribution >= 0.6 is 0 Å². The van der Waals surface area contributed by atoms with Gasteiger partial charge in [-0.05, 0) is 50.2 Å². The van der Waals surface area contributed by atoms with Crippen LogP contribution in [0.3, 0.4) is 0 Å². The van der Waals surface area contributed by atoms with Crippen LogP contribution in [0.2, 0.25) is 0 Å². The molecule has 0 radical (unpaired) electrons. The van der Waals surface area contributed by atoms with Gasteiger partial charge in [0, 0.05) is 24.8 Å². The summed E-state index contributed by atoms with van der Waals surface area (Å²) < 4.78 is 0. The SMILES string of the molecule is CCN(CC)c1ccc(N=Nc2ccc(O)cc2O)cc1. The summed E-state index contributed by atoms with van der Waals surface area (Å²) in [6, 6.07) is 12.0. The maximum absolute atomic E-state index is 9.63. The van der Waals surface area contributed by atoms with Gasteiger partial charge in [0.15, 0.2) is 0 Å². The van der Waals surface area contributed by atoms with E-state index in [0.29, 0.717) is 11.4 Å². The third-order valence-electron chi connectivity index (χ3n) is 3.21. The second kappa shape index (κ2) is 6.74. The minimum absolute atomic E-state index is 0.00461. The van der Waals surface area contributed by atoms with E-state index in [1.807, 2.05) is 24.3 Å². The van der Waals surface area contributed by atoms with Gasteiger partial charge in [-0.25, -0.2) is 0 Å². The van der Waals surface area contributed by atoms with Crippen molar-refractivity contribution in [1.82, 2.24) is 0 Å². The van der Waals surface area contributed by atoms with Gasteiger partial charge in [-0.1, -0.05) is 0 Å². The molecular weight excluding hydrogens is 266 g/mol. The largest absolute Gasteiger partial charge is 0.508 e. The van der Waals surface area contributed by atoms with Gasteiger partial charge in [0.2, 0.25) is 0 Å². The molecule has 5 nitrogen and oxygen atoms in total. The third-order valence-corrected chi connectivity index (χ3v) is 3.21. The fourth-order valence-electron chi connectivity index (χ4n) is 2.03. The van der Waals surface area contributed by atoms with E-state index in [-0.39, 0.29) is 11.5 Å². The van der Waals surface area contributed by atoms with Gasteiger partial charge < -0.3 is 15.1 Å². The van der Waals surface area contributed by atoms with E-state index < -0.39 is 0 Å². The molecule has 110 valence electrons. The van der Waals surface area contributed by atoms with Crippen molar-refractivity contribution >= 4 is 17.1 Å². The van der Waals surface area contributed by atoms with E-state index in [2.05, 4.69) is 29.0 Å². The second-order valence-corrected chi connectivity index (χ2v) is 4.56. The molecule has 0 saturated carbocycles. The van der Waals surface area contributed by atoms with E-state index in [9.17, 15) is 10.2 Å². The molecular formula is C16H19N3O2. The van der Waals surface area contributed by atoms with Gasteiger partial charge in [0.1, 0.15) is 17.2 Å². The lowest BCUT2D eigenvalue weighted by atomic mass is 10.2. The number of anilines is 1. The average Bonchev–Trinajstić information content (AvgIpc) is 2.49. The Hall–Kier alpha value is -2.56. The first-order valence-electron chi connectivity index (χ1n) is 6.92. The molecule has 0 aromatic heterocycles. The molecule has 2 rings (SSSR count). The summed E-state index contributed by atoms with van der Waals surface area (Å²) in [5.41, 5.74) is 2.17. The Balaban J connectivity index is 2.14. The van der Waals surface area contributed by atoms with Crippen LogP contribution in [-0.2, 0) is 0 Å². The van der Waals surface area contributed by atoms with E-state index in [0.717, 1.165) is 18.8 Å². The first-order chi connectivity index (χ1) is 10.1. The zero-order valence-electron chi connectivity index (χ0n) is 12.2. The lowest BCUT2D eigenvalue weighted by Gasteiger charge is -2.20. The van der Waals surface area contributed by atoms with E-state index >= 15 is 0 Å². The Kier molecular flexibility index (Phi) is 4.77. The lowest BCUT2D eigenvalue weighted by Crippen LogP contribution is -2.21. The predicted molar refractivity (Wildman–Crippen MR) is 84.0 cm³/mol. The number of hydrogen-bond donors (Lipinski definition) is 2. The standard InChI is InChI=1S/C16H19N3O2/c1-3-19(4-2)13-7-5-12(6-8-13)17-18-15-10-9-14(20)11-16(15)21/h5-11,20-21H,3-4H2,1-2H3. The summed E-state index contributed by atoms with van der Waals surface area (Å²) in [6.45, 7) is 6.15. The average molecular weight is 285 g/mol. The number of hydrogen-bond acceptors (Lipinski definition) is 5. The van der Waals surface area contributed by atoms with Crippen LogP contribution < -0.4 is 4.90 Å². The number of benzene rings is 2. The molecule has 0 heterocycles. The van der Waals surface area contributed by atoms with Crippen LogP contribution in [0.25, 0.3) is 0 Å². The summed E-state index contributed by atoms with van der Waals surface area (Å²) in [5.74, 6) is -0.103. The van der Waals surface area contributed by atoms with Gasteiger partial charge in [0.05, 0.1) is 5.69 Å². The normalized spacial score (nSPS) is 11.0. The third kappa shape index (κ3) is 3.72. The topological polar surface area (TPSA) is 68.4 Å². The molecule has 0 aliphatic carbocycles. The quantitative estimate of drug-likeness (QED) is 0.802. The molecule has 21 heavy (non-hydrogen) atoms. The highest BCUT2D eigenvalue weighted by Crippen LogP contribution is 2.31. The van der Waals surface area contributed by atoms with E-state index in [1.165, 1.54) is 18.2 Å². The van der Waals surface area contributed by atoms with Crippen LogP contribution in [0, 0.1) is 0 Å². The molecule has 0 spiro atoms. The number of nitrogens with zero attached hydrogens (tertiary/aromatic N) is 3. The monoisotopic (exact) mass is 285 g/mol. The Bertz CT molecular complexity index is 620. The van der Waals surface area contributed by atoms with E-state index in [1.54, 1.807) is 0 Å². The predicted octanol–water partition coefficient (Wildman–Crippen LogP) is 4.36. The molecule has 0 aliphatic heterocycles. The van der Waals surface area contributed by atoms with Crippen molar-refractivity contribution in [2.24, 2.45) is 10.2 Å². The van der Waals surface area contributed by atoms with Crippen LogP contribution in [0.1, 0.15) is 13.8 Å². The van der Waals surface area contributed by atoms with Crippen molar-refractivity contribution in [3.8, 4) is 11.5 Å². The number of azo groups is 1. The van der Waals surface area contributed by atoms with Crippen molar-refractivity contribution in [2.75, 3.05) is 18.0 Å². The summed E-state index contributed by atoms with van der Waals surface area (Å²) in [4.78, 5) is 2.24. The smallest absolute Gasteiger partial charge is 0.146 e. The molecule has 0 unspecified atom stereocenters. The number of rotatable bonds is 5. The molecule has 2 aromatic carbocycles. The lowest BCUT2D eigenvalue weighted by molar-refractivity contribution is 0.451. The fraction of sp³-hybridized carbons (Fsp3) is 0.250. The van der Waals surface area contributed by atoms with Crippen LogP contribution in [0.15, 0.2) is 52.7 Å². The molecule has 0 saturated heterocycles. The van der Waals surface area contributed by atoms with Crippen molar-refractivity contribution in [1.29, 1.82) is 0 Å². The summed E-state index contributed by atoms with van der Waals surface area (Å²) in [6.07, 6.45) is 0. The minimum atomic E-state index is -0.0986. The molecule has 5 heteroatoms. The van der Waals surface area contributed by atoms with Gasteiger partial charge in [-0.2, -0.15) is 5.11 Å². The summed E-state index contributed by atoms with van der Waals surface area (Å²) >= 11 is 0. The number of phenols is 2. The van der Waals surface area contributed by atoms with Crippen molar-refractivity contribution in [3.05, 3.63) is 42.5 Å². The fourth-order valence-corrected chi connectivity index (χ4v) is 2.03. The Labute approximate surface area is 124 Å². The highest BCUT2D eigenvalue weighted by Gasteiger charge is 2.02.